The van der Waals surface area contributed by atoms with E-state index in [1.807, 2.05) is 0 Å². The van der Waals surface area contributed by atoms with Crippen molar-refractivity contribution in [3.05, 3.63) is 0 Å². The Labute approximate surface area is 70.6 Å². The smallest absolute Gasteiger partial charge is 0.00921 e. The Bertz CT molecular complexity index is 116. The summed E-state index contributed by atoms with van der Waals surface area (Å²) in [5, 5.41) is 3.38. The summed E-state index contributed by atoms with van der Waals surface area (Å²) in [5.74, 6) is 0. The first-order chi connectivity index (χ1) is 5.25. The molecule has 1 rings (SSSR count). The van der Waals surface area contributed by atoms with Crippen LogP contribution in [0.1, 0.15) is 46.0 Å². The van der Waals surface area contributed by atoms with Crippen LogP contribution in [0.2, 0.25) is 0 Å². The molecule has 1 unspecified atom stereocenters. The lowest BCUT2D eigenvalue weighted by Crippen LogP contribution is -2.31. The Hall–Kier alpha value is -0.0400. The third kappa shape index (κ3) is 1.96. The van der Waals surface area contributed by atoms with Gasteiger partial charge in [0.1, 0.15) is 0 Å². The molecule has 0 spiro atoms. The maximum atomic E-state index is 3.38. The third-order valence-corrected chi connectivity index (χ3v) is 3.27. The molecule has 1 saturated carbocycles. The van der Waals surface area contributed by atoms with Crippen LogP contribution in [0.3, 0.4) is 0 Å². The molecule has 0 saturated heterocycles. The number of nitrogens with one attached hydrogen (secondary N) is 1. The molecular formula is C10H21N. The molecule has 0 radical (unpaired) electrons. The normalized spacial score (nSPS) is 23.2. The van der Waals surface area contributed by atoms with Gasteiger partial charge < -0.3 is 5.32 Å². The van der Waals surface area contributed by atoms with Gasteiger partial charge in [-0.3, -0.25) is 0 Å². The van der Waals surface area contributed by atoms with Crippen molar-refractivity contribution in [2.45, 2.75) is 52.0 Å². The molecule has 1 atom stereocenters. The zero-order valence-corrected chi connectivity index (χ0v) is 8.11. The van der Waals surface area contributed by atoms with Crippen LogP contribution in [-0.2, 0) is 0 Å². The molecular weight excluding hydrogens is 134 g/mol. The van der Waals surface area contributed by atoms with Crippen molar-refractivity contribution < 1.29 is 0 Å². The van der Waals surface area contributed by atoms with Crippen molar-refractivity contribution in [3.63, 3.8) is 0 Å². The Morgan fingerprint density at radius 3 is 2.45 bits per heavy atom. The topological polar surface area (TPSA) is 12.0 Å². The van der Waals surface area contributed by atoms with E-state index in [0.717, 1.165) is 6.04 Å². The van der Waals surface area contributed by atoms with Gasteiger partial charge in [0.05, 0.1) is 0 Å². The van der Waals surface area contributed by atoms with Crippen LogP contribution < -0.4 is 5.32 Å². The van der Waals surface area contributed by atoms with Crippen LogP contribution in [0, 0.1) is 5.41 Å². The minimum absolute atomic E-state index is 0.699. The van der Waals surface area contributed by atoms with E-state index >= 15 is 0 Å². The lowest BCUT2D eigenvalue weighted by atomic mass is 9.92. The molecule has 1 fully saturated rings. The van der Waals surface area contributed by atoms with Crippen molar-refractivity contribution >= 4 is 0 Å². The van der Waals surface area contributed by atoms with Crippen molar-refractivity contribution in [2.24, 2.45) is 5.41 Å². The first-order valence-corrected chi connectivity index (χ1v) is 4.92. The number of hydrogen-bond donors (Lipinski definition) is 1. The molecule has 66 valence electrons. The second kappa shape index (κ2) is 3.57. The number of hydrogen-bond acceptors (Lipinski definition) is 1. The fourth-order valence-electron chi connectivity index (χ4n) is 1.90. The second-order valence-electron chi connectivity index (χ2n) is 3.98. The minimum atomic E-state index is 0.699. The summed E-state index contributed by atoms with van der Waals surface area (Å²) in [4.78, 5) is 0. The van der Waals surface area contributed by atoms with Gasteiger partial charge in [-0.2, -0.15) is 0 Å². The Morgan fingerprint density at radius 1 is 1.45 bits per heavy atom. The van der Waals surface area contributed by atoms with E-state index in [2.05, 4.69) is 26.2 Å². The molecule has 0 aromatic heterocycles. The summed E-state index contributed by atoms with van der Waals surface area (Å²) in [7, 11) is 2.08. The standard InChI is InChI=1S/C10H21N/c1-4-5-6-10(7-8-10)9(2)11-3/h9,11H,4-8H2,1-3H3. The zero-order valence-electron chi connectivity index (χ0n) is 8.11. The Kier molecular flexibility index (Phi) is 2.94. The summed E-state index contributed by atoms with van der Waals surface area (Å²) in [5.41, 5.74) is 0.699. The first kappa shape index (κ1) is 9.05. The molecule has 1 nitrogen and oxygen atoms in total. The largest absolute Gasteiger partial charge is 0.317 e. The van der Waals surface area contributed by atoms with E-state index in [-0.39, 0.29) is 0 Å². The summed E-state index contributed by atoms with van der Waals surface area (Å²) in [6.45, 7) is 4.60. The van der Waals surface area contributed by atoms with Gasteiger partial charge in [0.2, 0.25) is 0 Å². The highest BCUT2D eigenvalue weighted by Crippen LogP contribution is 2.52. The van der Waals surface area contributed by atoms with Gasteiger partial charge in [-0.25, -0.2) is 0 Å². The van der Waals surface area contributed by atoms with Crippen LogP contribution in [0.4, 0.5) is 0 Å². The van der Waals surface area contributed by atoms with Gasteiger partial charge in [0.15, 0.2) is 0 Å². The van der Waals surface area contributed by atoms with Gasteiger partial charge in [-0.1, -0.05) is 19.8 Å². The minimum Gasteiger partial charge on any atom is -0.317 e. The average molecular weight is 155 g/mol. The highest BCUT2D eigenvalue weighted by atomic mass is 14.9. The fourth-order valence-corrected chi connectivity index (χ4v) is 1.90. The molecule has 0 amide bonds. The van der Waals surface area contributed by atoms with Crippen molar-refractivity contribution in [1.29, 1.82) is 0 Å². The van der Waals surface area contributed by atoms with Crippen LogP contribution in [0.5, 0.6) is 0 Å². The number of unbranched alkanes of at least 4 members (excludes halogenated alkanes) is 1. The summed E-state index contributed by atoms with van der Waals surface area (Å²) in [6.07, 6.45) is 7.10. The molecule has 0 aromatic rings. The SMILES string of the molecule is CCCCC1(C(C)NC)CC1. The van der Waals surface area contributed by atoms with Crippen molar-refractivity contribution in [3.8, 4) is 0 Å². The lowest BCUT2D eigenvalue weighted by Gasteiger charge is -2.22. The van der Waals surface area contributed by atoms with Crippen LogP contribution >= 0.6 is 0 Å². The molecule has 0 aromatic carbocycles. The second-order valence-corrected chi connectivity index (χ2v) is 3.98. The number of rotatable bonds is 5. The predicted molar refractivity (Wildman–Crippen MR) is 49.7 cm³/mol. The van der Waals surface area contributed by atoms with Crippen LogP contribution in [0.25, 0.3) is 0 Å². The molecule has 0 heterocycles. The van der Waals surface area contributed by atoms with E-state index in [0.29, 0.717) is 5.41 Å². The van der Waals surface area contributed by atoms with Crippen LogP contribution in [0.15, 0.2) is 0 Å². The highest BCUT2D eigenvalue weighted by Gasteiger charge is 2.45. The molecule has 1 heteroatoms. The van der Waals surface area contributed by atoms with Gasteiger partial charge in [-0.05, 0) is 38.6 Å². The van der Waals surface area contributed by atoms with E-state index in [9.17, 15) is 0 Å². The van der Waals surface area contributed by atoms with E-state index in [1.165, 1.54) is 32.1 Å². The maximum Gasteiger partial charge on any atom is 0.00921 e. The molecule has 1 N–H and O–H groups in total. The predicted octanol–water partition coefficient (Wildman–Crippen LogP) is 2.56. The summed E-state index contributed by atoms with van der Waals surface area (Å²) in [6, 6.07) is 0.731. The molecule has 11 heavy (non-hydrogen) atoms. The van der Waals surface area contributed by atoms with Crippen LogP contribution in [-0.4, -0.2) is 13.1 Å². The highest BCUT2D eigenvalue weighted by molar-refractivity contribution is 4.99. The quantitative estimate of drug-likeness (QED) is 0.643. The van der Waals surface area contributed by atoms with E-state index in [4.69, 9.17) is 0 Å². The summed E-state index contributed by atoms with van der Waals surface area (Å²) < 4.78 is 0. The van der Waals surface area contributed by atoms with Gasteiger partial charge in [0, 0.05) is 6.04 Å². The summed E-state index contributed by atoms with van der Waals surface area (Å²) >= 11 is 0. The third-order valence-electron chi connectivity index (χ3n) is 3.27. The fraction of sp³-hybridized carbons (Fsp3) is 1.00. The van der Waals surface area contributed by atoms with E-state index in [1.54, 1.807) is 0 Å². The maximum absolute atomic E-state index is 3.38. The monoisotopic (exact) mass is 155 g/mol. The average Bonchev–Trinajstić information content (AvgIpc) is 2.80. The molecule has 1 aliphatic rings. The van der Waals surface area contributed by atoms with Gasteiger partial charge in [-0.15, -0.1) is 0 Å². The molecule has 0 bridgehead atoms. The zero-order chi connectivity index (χ0) is 8.32. The van der Waals surface area contributed by atoms with Crippen molar-refractivity contribution in [2.75, 3.05) is 7.05 Å². The van der Waals surface area contributed by atoms with Gasteiger partial charge in [0.25, 0.3) is 0 Å². The molecule has 1 aliphatic carbocycles. The Morgan fingerprint density at radius 2 is 2.09 bits per heavy atom. The van der Waals surface area contributed by atoms with Gasteiger partial charge >= 0.3 is 0 Å². The molecule has 0 aliphatic heterocycles. The van der Waals surface area contributed by atoms with E-state index < -0.39 is 0 Å². The Balaban J connectivity index is 2.28. The first-order valence-electron chi connectivity index (χ1n) is 4.92. The lowest BCUT2D eigenvalue weighted by molar-refractivity contribution is 0.338. The van der Waals surface area contributed by atoms with Crippen molar-refractivity contribution in [1.82, 2.24) is 5.32 Å².